The number of hydrogen-bond donors (Lipinski definition) is 1. The van der Waals surface area contributed by atoms with Crippen LogP contribution < -0.4 is 10.1 Å². The molecular formula is C17H25NO. The molecule has 104 valence electrons. The molecule has 0 amide bonds. The van der Waals surface area contributed by atoms with Crippen LogP contribution in [0.1, 0.15) is 51.2 Å². The first kappa shape index (κ1) is 13.0. The lowest BCUT2D eigenvalue weighted by molar-refractivity contribution is 0.0846. The van der Waals surface area contributed by atoms with Gasteiger partial charge in [0.1, 0.15) is 11.4 Å². The Labute approximate surface area is 116 Å². The first-order valence-electron chi connectivity index (χ1n) is 7.47. The molecule has 1 unspecified atom stereocenters. The van der Waals surface area contributed by atoms with E-state index in [9.17, 15) is 0 Å². The lowest BCUT2D eigenvalue weighted by Crippen LogP contribution is -2.30. The highest BCUT2D eigenvalue weighted by molar-refractivity contribution is 5.37. The summed E-state index contributed by atoms with van der Waals surface area (Å²) in [5.74, 6) is 1.04. The SMILES string of the molecule is CC1(C)CCC(C)(Oc2ccc3c(c2)CNCC3)C1. The van der Waals surface area contributed by atoms with E-state index in [1.807, 2.05) is 0 Å². The van der Waals surface area contributed by atoms with E-state index >= 15 is 0 Å². The van der Waals surface area contributed by atoms with E-state index in [4.69, 9.17) is 4.74 Å². The van der Waals surface area contributed by atoms with Crippen LogP contribution in [0.4, 0.5) is 0 Å². The molecule has 1 saturated carbocycles. The maximum atomic E-state index is 6.34. The Bertz CT molecular complexity index is 480. The Hall–Kier alpha value is -1.02. The molecule has 1 fully saturated rings. The van der Waals surface area contributed by atoms with Crippen LogP contribution in [0.3, 0.4) is 0 Å². The third-order valence-electron chi connectivity index (χ3n) is 4.61. The molecular weight excluding hydrogens is 234 g/mol. The van der Waals surface area contributed by atoms with Crippen LogP contribution in [0, 0.1) is 5.41 Å². The molecule has 2 aliphatic rings. The molecule has 0 bridgehead atoms. The van der Waals surface area contributed by atoms with Crippen molar-refractivity contribution in [1.82, 2.24) is 5.32 Å². The zero-order valence-corrected chi connectivity index (χ0v) is 12.4. The molecule has 1 N–H and O–H groups in total. The first-order valence-corrected chi connectivity index (χ1v) is 7.47. The summed E-state index contributed by atoms with van der Waals surface area (Å²) in [5.41, 5.74) is 3.32. The van der Waals surface area contributed by atoms with Gasteiger partial charge in [-0.1, -0.05) is 19.9 Å². The molecule has 1 aromatic rings. The van der Waals surface area contributed by atoms with Gasteiger partial charge in [-0.05, 0) is 67.8 Å². The molecule has 0 saturated heterocycles. The number of nitrogens with one attached hydrogen (secondary N) is 1. The van der Waals surface area contributed by atoms with Crippen molar-refractivity contribution < 1.29 is 4.74 Å². The summed E-state index contributed by atoms with van der Waals surface area (Å²) in [6.45, 7) is 9.03. The molecule has 1 aliphatic carbocycles. The lowest BCUT2D eigenvalue weighted by Gasteiger charge is -2.29. The van der Waals surface area contributed by atoms with Crippen LogP contribution in [0.25, 0.3) is 0 Å². The van der Waals surface area contributed by atoms with E-state index < -0.39 is 0 Å². The fourth-order valence-corrected chi connectivity index (χ4v) is 3.68. The van der Waals surface area contributed by atoms with Crippen molar-refractivity contribution in [3.05, 3.63) is 29.3 Å². The van der Waals surface area contributed by atoms with Crippen LogP contribution >= 0.6 is 0 Å². The quantitative estimate of drug-likeness (QED) is 0.875. The minimum Gasteiger partial charge on any atom is -0.488 e. The third-order valence-corrected chi connectivity index (χ3v) is 4.61. The summed E-state index contributed by atoms with van der Waals surface area (Å²) >= 11 is 0. The van der Waals surface area contributed by atoms with E-state index in [2.05, 4.69) is 44.3 Å². The number of hydrogen-bond acceptors (Lipinski definition) is 2. The van der Waals surface area contributed by atoms with Crippen LogP contribution in [0.2, 0.25) is 0 Å². The van der Waals surface area contributed by atoms with Crippen molar-refractivity contribution >= 4 is 0 Å². The fourth-order valence-electron chi connectivity index (χ4n) is 3.68. The normalized spacial score (nSPS) is 29.0. The predicted molar refractivity (Wildman–Crippen MR) is 78.5 cm³/mol. The van der Waals surface area contributed by atoms with Gasteiger partial charge in [0.2, 0.25) is 0 Å². The monoisotopic (exact) mass is 259 g/mol. The number of rotatable bonds is 2. The van der Waals surface area contributed by atoms with Crippen molar-refractivity contribution in [3.8, 4) is 5.75 Å². The van der Waals surface area contributed by atoms with Gasteiger partial charge in [0.05, 0.1) is 0 Å². The molecule has 0 radical (unpaired) electrons. The number of ether oxygens (including phenoxy) is 1. The average Bonchev–Trinajstić information content (AvgIpc) is 2.63. The van der Waals surface area contributed by atoms with Crippen molar-refractivity contribution in [1.29, 1.82) is 0 Å². The van der Waals surface area contributed by atoms with Crippen molar-refractivity contribution in [2.75, 3.05) is 6.54 Å². The Kier molecular flexibility index (Phi) is 3.09. The van der Waals surface area contributed by atoms with Crippen LogP contribution in [0.5, 0.6) is 5.75 Å². The predicted octanol–water partition coefficient (Wildman–Crippen LogP) is 3.68. The van der Waals surface area contributed by atoms with Crippen LogP contribution in [0.15, 0.2) is 18.2 Å². The number of benzene rings is 1. The Morgan fingerprint density at radius 3 is 2.68 bits per heavy atom. The minimum atomic E-state index is 0.0137. The van der Waals surface area contributed by atoms with Gasteiger partial charge in [0, 0.05) is 6.54 Å². The van der Waals surface area contributed by atoms with E-state index in [0.29, 0.717) is 5.41 Å². The second-order valence-electron chi connectivity index (χ2n) is 7.25. The van der Waals surface area contributed by atoms with Gasteiger partial charge >= 0.3 is 0 Å². The molecule has 2 heteroatoms. The second-order valence-corrected chi connectivity index (χ2v) is 7.25. The van der Waals surface area contributed by atoms with Gasteiger partial charge < -0.3 is 10.1 Å². The summed E-state index contributed by atoms with van der Waals surface area (Å²) in [7, 11) is 0. The smallest absolute Gasteiger partial charge is 0.120 e. The van der Waals surface area contributed by atoms with Crippen molar-refractivity contribution in [2.45, 2.75) is 58.6 Å². The van der Waals surface area contributed by atoms with Crippen LogP contribution in [-0.2, 0) is 13.0 Å². The number of fused-ring (bicyclic) bond motifs is 1. The average molecular weight is 259 g/mol. The van der Waals surface area contributed by atoms with E-state index in [1.165, 1.54) is 17.5 Å². The zero-order valence-electron chi connectivity index (χ0n) is 12.4. The molecule has 19 heavy (non-hydrogen) atoms. The Morgan fingerprint density at radius 1 is 1.11 bits per heavy atom. The minimum absolute atomic E-state index is 0.0137. The third kappa shape index (κ3) is 2.79. The highest BCUT2D eigenvalue weighted by Crippen LogP contribution is 2.45. The van der Waals surface area contributed by atoms with Crippen LogP contribution in [-0.4, -0.2) is 12.1 Å². The molecule has 1 aromatic carbocycles. The largest absolute Gasteiger partial charge is 0.488 e. The maximum Gasteiger partial charge on any atom is 0.120 e. The molecule has 0 spiro atoms. The summed E-state index contributed by atoms with van der Waals surface area (Å²) in [4.78, 5) is 0. The maximum absolute atomic E-state index is 6.34. The standard InChI is InChI=1S/C17H25NO/c1-16(2)7-8-17(3,12-16)19-15-5-4-13-6-9-18-11-14(13)10-15/h4-5,10,18H,6-9,11-12H2,1-3H3. The topological polar surface area (TPSA) is 21.3 Å². The molecule has 2 nitrogen and oxygen atoms in total. The van der Waals surface area contributed by atoms with Gasteiger partial charge in [0.25, 0.3) is 0 Å². The van der Waals surface area contributed by atoms with E-state index in [0.717, 1.165) is 38.1 Å². The van der Waals surface area contributed by atoms with Gasteiger partial charge in [0.15, 0.2) is 0 Å². The van der Waals surface area contributed by atoms with Gasteiger partial charge in [-0.15, -0.1) is 0 Å². The van der Waals surface area contributed by atoms with E-state index in [1.54, 1.807) is 0 Å². The summed E-state index contributed by atoms with van der Waals surface area (Å²) < 4.78 is 6.34. The highest BCUT2D eigenvalue weighted by atomic mass is 16.5. The summed E-state index contributed by atoms with van der Waals surface area (Å²) in [6.07, 6.45) is 4.71. The fraction of sp³-hybridized carbons (Fsp3) is 0.647. The zero-order chi connectivity index (χ0) is 13.5. The Morgan fingerprint density at radius 2 is 1.95 bits per heavy atom. The first-order chi connectivity index (χ1) is 8.96. The Balaban J connectivity index is 1.77. The second kappa shape index (κ2) is 4.52. The molecule has 1 aliphatic heterocycles. The molecule has 1 heterocycles. The molecule has 0 aromatic heterocycles. The van der Waals surface area contributed by atoms with Crippen molar-refractivity contribution in [2.24, 2.45) is 5.41 Å². The van der Waals surface area contributed by atoms with Gasteiger partial charge in [-0.25, -0.2) is 0 Å². The van der Waals surface area contributed by atoms with E-state index in [-0.39, 0.29) is 5.60 Å². The molecule has 1 atom stereocenters. The van der Waals surface area contributed by atoms with Gasteiger partial charge in [-0.2, -0.15) is 0 Å². The van der Waals surface area contributed by atoms with Gasteiger partial charge in [-0.3, -0.25) is 0 Å². The highest BCUT2D eigenvalue weighted by Gasteiger charge is 2.41. The molecule has 3 rings (SSSR count). The summed E-state index contributed by atoms with van der Waals surface area (Å²) in [5, 5.41) is 3.43. The lowest BCUT2D eigenvalue weighted by atomic mass is 9.90. The van der Waals surface area contributed by atoms with Crippen molar-refractivity contribution in [3.63, 3.8) is 0 Å². The summed E-state index contributed by atoms with van der Waals surface area (Å²) in [6, 6.07) is 6.63.